The third kappa shape index (κ3) is 4.89. The number of imidazole rings is 1. The topological polar surface area (TPSA) is 63.6 Å². The second-order valence-corrected chi connectivity index (χ2v) is 7.15. The Morgan fingerprint density at radius 2 is 2.14 bits per heavy atom. The van der Waals surface area contributed by atoms with Gasteiger partial charge in [-0.05, 0) is 36.3 Å². The first kappa shape index (κ1) is 21.1. The standard InChI is InChI=1S/C22H23ClN4OS/c1-3-6-15(7-5-12-23)8-10-18-21(29)22(28)27(14-24-18)16-9-11-17-19(13-16)26-20(4-2)25-17/h5-11,13-14,29H,3-4,12H2,1-2H3,(H,25,26)/b7-5-,10-8+,15-6+. The molecule has 150 valence electrons. The number of allylic oxidation sites excluding steroid dienone is 5. The second-order valence-electron chi connectivity index (χ2n) is 6.39. The number of aromatic nitrogens is 4. The number of nitrogens with zero attached hydrogens (tertiary/aromatic N) is 3. The van der Waals surface area contributed by atoms with Gasteiger partial charge in [0.15, 0.2) is 0 Å². The predicted molar refractivity (Wildman–Crippen MR) is 123 cm³/mol. The first-order chi connectivity index (χ1) is 14.1. The zero-order valence-electron chi connectivity index (χ0n) is 16.4. The molecule has 0 fully saturated rings. The minimum atomic E-state index is -0.227. The van der Waals surface area contributed by atoms with Gasteiger partial charge in [0.1, 0.15) is 12.2 Å². The molecule has 0 spiro atoms. The van der Waals surface area contributed by atoms with Gasteiger partial charge in [-0.15, -0.1) is 24.2 Å². The number of alkyl halides is 1. The molecule has 3 aromatic rings. The van der Waals surface area contributed by atoms with Crippen LogP contribution in [0.15, 0.2) is 64.1 Å². The van der Waals surface area contributed by atoms with Gasteiger partial charge >= 0.3 is 0 Å². The highest BCUT2D eigenvalue weighted by atomic mass is 35.5. The molecule has 7 heteroatoms. The van der Waals surface area contributed by atoms with Crippen molar-refractivity contribution in [3.63, 3.8) is 0 Å². The quantitative estimate of drug-likeness (QED) is 0.313. The lowest BCUT2D eigenvalue weighted by atomic mass is 10.2. The van der Waals surface area contributed by atoms with E-state index in [0.717, 1.165) is 35.3 Å². The van der Waals surface area contributed by atoms with Crippen LogP contribution in [0, 0.1) is 0 Å². The zero-order valence-corrected chi connectivity index (χ0v) is 18.0. The van der Waals surface area contributed by atoms with E-state index >= 15 is 0 Å². The molecule has 0 unspecified atom stereocenters. The zero-order chi connectivity index (χ0) is 20.8. The van der Waals surface area contributed by atoms with Crippen LogP contribution < -0.4 is 5.56 Å². The van der Waals surface area contributed by atoms with Gasteiger partial charge < -0.3 is 4.98 Å². The van der Waals surface area contributed by atoms with Crippen molar-refractivity contribution in [3.8, 4) is 5.69 Å². The molecule has 0 aliphatic carbocycles. The van der Waals surface area contributed by atoms with Gasteiger partial charge in [-0.1, -0.05) is 38.2 Å². The number of aryl methyl sites for hydroxylation is 1. The predicted octanol–water partition coefficient (Wildman–Crippen LogP) is 5.10. The molecular weight excluding hydrogens is 404 g/mol. The molecule has 0 radical (unpaired) electrons. The van der Waals surface area contributed by atoms with E-state index in [9.17, 15) is 4.79 Å². The monoisotopic (exact) mass is 426 g/mol. The van der Waals surface area contributed by atoms with E-state index in [1.54, 1.807) is 6.08 Å². The van der Waals surface area contributed by atoms with Gasteiger partial charge in [-0.2, -0.15) is 0 Å². The summed E-state index contributed by atoms with van der Waals surface area (Å²) in [6.07, 6.45) is 12.8. The summed E-state index contributed by atoms with van der Waals surface area (Å²) in [5, 5.41) is 0. The molecule has 0 atom stereocenters. The Labute approximate surface area is 180 Å². The van der Waals surface area contributed by atoms with E-state index in [4.69, 9.17) is 11.6 Å². The van der Waals surface area contributed by atoms with Crippen LogP contribution >= 0.6 is 24.2 Å². The van der Waals surface area contributed by atoms with Crippen LogP contribution in [-0.2, 0) is 6.42 Å². The summed E-state index contributed by atoms with van der Waals surface area (Å²) >= 11 is 10.1. The van der Waals surface area contributed by atoms with Crippen LogP contribution in [0.2, 0.25) is 0 Å². The number of rotatable bonds is 7. The highest BCUT2D eigenvalue weighted by molar-refractivity contribution is 7.80. The van der Waals surface area contributed by atoms with Crippen molar-refractivity contribution >= 4 is 41.3 Å². The smallest absolute Gasteiger partial charge is 0.271 e. The van der Waals surface area contributed by atoms with Crippen molar-refractivity contribution in [1.82, 2.24) is 19.5 Å². The Bertz CT molecular complexity index is 1160. The van der Waals surface area contributed by atoms with E-state index < -0.39 is 0 Å². The molecule has 0 amide bonds. The minimum Gasteiger partial charge on any atom is -0.342 e. The van der Waals surface area contributed by atoms with Crippen LogP contribution in [0.3, 0.4) is 0 Å². The number of hydrogen-bond donors (Lipinski definition) is 2. The van der Waals surface area contributed by atoms with E-state index in [1.165, 1.54) is 10.9 Å². The number of thiol groups is 1. The molecular formula is C22H23ClN4OS. The second kappa shape index (κ2) is 9.76. The number of halogens is 1. The summed E-state index contributed by atoms with van der Waals surface area (Å²) in [6, 6.07) is 5.64. The third-order valence-corrected chi connectivity index (χ3v) is 4.98. The lowest BCUT2D eigenvalue weighted by molar-refractivity contribution is 0.887. The minimum absolute atomic E-state index is 0.227. The number of benzene rings is 1. The van der Waals surface area contributed by atoms with Crippen molar-refractivity contribution in [2.75, 3.05) is 5.88 Å². The first-order valence-electron chi connectivity index (χ1n) is 9.47. The lowest BCUT2D eigenvalue weighted by Gasteiger charge is -2.07. The van der Waals surface area contributed by atoms with Crippen molar-refractivity contribution < 1.29 is 0 Å². The Hall–Kier alpha value is -2.57. The van der Waals surface area contributed by atoms with E-state index in [0.29, 0.717) is 22.2 Å². The van der Waals surface area contributed by atoms with Crippen LogP contribution in [0.4, 0.5) is 0 Å². The Balaban J connectivity index is 1.95. The summed E-state index contributed by atoms with van der Waals surface area (Å²) in [5.41, 5.74) is 3.77. The molecule has 1 aromatic carbocycles. The van der Waals surface area contributed by atoms with Gasteiger partial charge in [0.25, 0.3) is 5.56 Å². The first-order valence-corrected chi connectivity index (χ1v) is 10.5. The van der Waals surface area contributed by atoms with E-state index in [1.807, 2.05) is 43.4 Å². The molecule has 0 saturated heterocycles. The highest BCUT2D eigenvalue weighted by Gasteiger charge is 2.10. The van der Waals surface area contributed by atoms with Gasteiger partial charge in [-0.3, -0.25) is 9.36 Å². The van der Waals surface area contributed by atoms with Crippen molar-refractivity contribution in [2.24, 2.45) is 0 Å². The Morgan fingerprint density at radius 3 is 2.86 bits per heavy atom. The molecule has 5 nitrogen and oxygen atoms in total. The molecule has 3 rings (SSSR count). The van der Waals surface area contributed by atoms with Gasteiger partial charge in [0.05, 0.1) is 27.3 Å². The maximum absolute atomic E-state index is 12.9. The van der Waals surface area contributed by atoms with Crippen molar-refractivity contribution in [2.45, 2.75) is 31.6 Å². The number of aromatic amines is 1. The fourth-order valence-electron chi connectivity index (χ4n) is 2.91. The van der Waals surface area contributed by atoms with Crippen molar-refractivity contribution in [1.29, 1.82) is 0 Å². The fourth-order valence-corrected chi connectivity index (χ4v) is 3.24. The number of nitrogens with one attached hydrogen (secondary N) is 1. The summed E-state index contributed by atoms with van der Waals surface area (Å²) in [4.78, 5) is 25.3. The summed E-state index contributed by atoms with van der Waals surface area (Å²) in [6.45, 7) is 4.10. The van der Waals surface area contributed by atoms with Crippen LogP contribution in [-0.4, -0.2) is 25.4 Å². The molecule has 0 aliphatic rings. The maximum Gasteiger partial charge on any atom is 0.271 e. The summed E-state index contributed by atoms with van der Waals surface area (Å²) in [5.74, 6) is 1.36. The Kier molecular flexibility index (Phi) is 7.12. The molecule has 2 aromatic heterocycles. The normalized spacial score (nSPS) is 12.6. The number of hydrogen-bond acceptors (Lipinski definition) is 4. The fraction of sp³-hybridized carbons (Fsp3) is 0.227. The molecule has 2 heterocycles. The van der Waals surface area contributed by atoms with Crippen LogP contribution in [0.25, 0.3) is 22.8 Å². The number of fused-ring (bicyclic) bond motifs is 1. The Morgan fingerprint density at radius 1 is 1.31 bits per heavy atom. The molecule has 29 heavy (non-hydrogen) atoms. The van der Waals surface area contributed by atoms with E-state index in [2.05, 4.69) is 40.6 Å². The lowest BCUT2D eigenvalue weighted by Crippen LogP contribution is -2.20. The molecule has 1 N–H and O–H groups in total. The molecule has 0 bridgehead atoms. The van der Waals surface area contributed by atoms with Crippen LogP contribution in [0.1, 0.15) is 31.8 Å². The van der Waals surface area contributed by atoms with E-state index in [-0.39, 0.29) is 5.56 Å². The average Bonchev–Trinajstić information content (AvgIpc) is 3.15. The SMILES string of the molecule is CC/C=C(\C=C/CCl)/C=C/c1ncn(-c2ccc3nc(CC)[nH]c3c2)c(=O)c1S. The molecule has 0 saturated carbocycles. The van der Waals surface area contributed by atoms with Gasteiger partial charge in [0.2, 0.25) is 0 Å². The largest absolute Gasteiger partial charge is 0.342 e. The van der Waals surface area contributed by atoms with Crippen LogP contribution in [0.5, 0.6) is 0 Å². The summed E-state index contributed by atoms with van der Waals surface area (Å²) in [7, 11) is 0. The van der Waals surface area contributed by atoms with Crippen molar-refractivity contribution in [3.05, 3.63) is 76.3 Å². The molecule has 0 aliphatic heterocycles. The number of H-pyrrole nitrogens is 1. The van der Waals surface area contributed by atoms with Gasteiger partial charge in [-0.25, -0.2) is 9.97 Å². The summed E-state index contributed by atoms with van der Waals surface area (Å²) < 4.78 is 1.49. The average molecular weight is 427 g/mol. The third-order valence-electron chi connectivity index (χ3n) is 4.38. The highest BCUT2D eigenvalue weighted by Crippen LogP contribution is 2.17. The van der Waals surface area contributed by atoms with Gasteiger partial charge in [0, 0.05) is 12.3 Å². The maximum atomic E-state index is 12.9.